The van der Waals surface area contributed by atoms with Gasteiger partial charge in [0.1, 0.15) is 0 Å². The molecule has 5 heteroatoms. The first-order valence-corrected chi connectivity index (χ1v) is 6.47. The Morgan fingerprint density at radius 1 is 1.39 bits per heavy atom. The third-order valence-electron chi connectivity index (χ3n) is 3.21. The molecule has 2 rings (SSSR count). The smallest absolute Gasteiger partial charge is 0.306 e. The summed E-state index contributed by atoms with van der Waals surface area (Å²) in [5.41, 5.74) is 0. The van der Waals surface area contributed by atoms with E-state index >= 15 is 0 Å². The molecule has 0 radical (unpaired) electrons. The third-order valence-corrected chi connectivity index (χ3v) is 3.21. The number of carbonyl (C=O) groups excluding carboxylic acids is 1. The van der Waals surface area contributed by atoms with Gasteiger partial charge in [0.05, 0.1) is 6.61 Å². The van der Waals surface area contributed by atoms with Gasteiger partial charge in [-0.25, -0.2) is 9.97 Å². The summed E-state index contributed by atoms with van der Waals surface area (Å²) < 4.78 is 4.98. The second-order valence-corrected chi connectivity index (χ2v) is 4.49. The highest BCUT2D eigenvalue weighted by Gasteiger charge is 2.23. The van der Waals surface area contributed by atoms with Crippen LogP contribution in [0.15, 0.2) is 18.5 Å². The van der Waals surface area contributed by atoms with Crippen LogP contribution >= 0.6 is 0 Å². The summed E-state index contributed by atoms with van der Waals surface area (Å²) in [5.74, 6) is 1.14. The largest absolute Gasteiger partial charge is 0.466 e. The first-order valence-electron chi connectivity index (χ1n) is 6.47. The van der Waals surface area contributed by atoms with Crippen molar-refractivity contribution in [3.05, 3.63) is 18.5 Å². The van der Waals surface area contributed by atoms with Crippen molar-refractivity contribution in [1.29, 1.82) is 0 Å². The summed E-state index contributed by atoms with van der Waals surface area (Å²) in [6, 6.07) is 1.82. The molecule has 0 spiro atoms. The second kappa shape index (κ2) is 6.33. The molecule has 18 heavy (non-hydrogen) atoms. The van der Waals surface area contributed by atoms with Crippen LogP contribution in [0.2, 0.25) is 0 Å². The number of piperidine rings is 1. The van der Waals surface area contributed by atoms with Crippen molar-refractivity contribution in [3.63, 3.8) is 0 Å². The molecule has 1 aliphatic heterocycles. The first kappa shape index (κ1) is 12.8. The van der Waals surface area contributed by atoms with Crippen LogP contribution in [0.5, 0.6) is 0 Å². The highest BCUT2D eigenvalue weighted by molar-refractivity contribution is 5.69. The Hall–Kier alpha value is -1.65. The average Bonchev–Trinajstić information content (AvgIpc) is 2.41. The molecule has 0 aliphatic carbocycles. The summed E-state index contributed by atoms with van der Waals surface area (Å²) >= 11 is 0. The number of aromatic nitrogens is 2. The molecule has 1 saturated heterocycles. The Balaban J connectivity index is 1.80. The van der Waals surface area contributed by atoms with Gasteiger partial charge in [0.15, 0.2) is 0 Å². The molecule has 98 valence electrons. The van der Waals surface area contributed by atoms with Gasteiger partial charge < -0.3 is 9.64 Å². The Bertz CT molecular complexity index is 375. The van der Waals surface area contributed by atoms with E-state index in [9.17, 15) is 4.79 Å². The molecule has 0 unspecified atom stereocenters. The quantitative estimate of drug-likeness (QED) is 0.759. The summed E-state index contributed by atoms with van der Waals surface area (Å²) in [4.78, 5) is 22.1. The predicted octanol–water partition coefficient (Wildman–Crippen LogP) is 1.65. The van der Waals surface area contributed by atoms with Crippen LogP contribution in [-0.4, -0.2) is 35.6 Å². The normalized spacial score (nSPS) is 16.6. The van der Waals surface area contributed by atoms with Gasteiger partial charge in [-0.15, -0.1) is 0 Å². The maximum atomic E-state index is 11.4. The molecule has 0 atom stereocenters. The number of rotatable bonds is 4. The Morgan fingerprint density at radius 3 is 2.67 bits per heavy atom. The highest BCUT2D eigenvalue weighted by atomic mass is 16.5. The Kier molecular flexibility index (Phi) is 4.50. The molecule has 0 aromatic carbocycles. The van der Waals surface area contributed by atoms with E-state index in [0.29, 0.717) is 18.9 Å². The molecule has 0 saturated carbocycles. The van der Waals surface area contributed by atoms with Gasteiger partial charge in [-0.2, -0.15) is 0 Å². The number of esters is 1. The minimum absolute atomic E-state index is 0.0769. The van der Waals surface area contributed by atoms with Crippen molar-refractivity contribution in [2.45, 2.75) is 26.2 Å². The molecule has 0 bridgehead atoms. The predicted molar refractivity (Wildman–Crippen MR) is 68.2 cm³/mol. The van der Waals surface area contributed by atoms with Crippen molar-refractivity contribution in [3.8, 4) is 0 Å². The highest BCUT2D eigenvalue weighted by Crippen LogP contribution is 2.23. The van der Waals surface area contributed by atoms with E-state index in [0.717, 1.165) is 31.9 Å². The Labute approximate surface area is 107 Å². The van der Waals surface area contributed by atoms with Crippen molar-refractivity contribution in [2.75, 3.05) is 24.6 Å². The maximum Gasteiger partial charge on any atom is 0.306 e. The number of nitrogens with zero attached hydrogens (tertiary/aromatic N) is 3. The lowest BCUT2D eigenvalue weighted by atomic mass is 9.94. The van der Waals surface area contributed by atoms with Crippen molar-refractivity contribution < 1.29 is 9.53 Å². The van der Waals surface area contributed by atoms with Crippen LogP contribution in [0.4, 0.5) is 5.95 Å². The average molecular weight is 249 g/mol. The topological polar surface area (TPSA) is 55.3 Å². The zero-order valence-corrected chi connectivity index (χ0v) is 10.7. The van der Waals surface area contributed by atoms with Gasteiger partial charge >= 0.3 is 5.97 Å². The number of anilines is 1. The lowest BCUT2D eigenvalue weighted by molar-refractivity contribution is -0.144. The molecule has 5 nitrogen and oxygen atoms in total. The van der Waals surface area contributed by atoms with E-state index in [-0.39, 0.29) is 5.97 Å². The van der Waals surface area contributed by atoms with Crippen LogP contribution in [0, 0.1) is 5.92 Å². The van der Waals surface area contributed by atoms with E-state index < -0.39 is 0 Å². The molecule has 0 N–H and O–H groups in total. The lowest BCUT2D eigenvalue weighted by Gasteiger charge is -2.31. The molecule has 2 heterocycles. The van der Waals surface area contributed by atoms with E-state index in [4.69, 9.17) is 4.74 Å². The first-order chi connectivity index (χ1) is 8.79. The minimum atomic E-state index is -0.0769. The van der Waals surface area contributed by atoms with E-state index in [2.05, 4.69) is 14.9 Å². The fraction of sp³-hybridized carbons (Fsp3) is 0.615. The van der Waals surface area contributed by atoms with E-state index in [1.165, 1.54) is 0 Å². The zero-order chi connectivity index (χ0) is 12.8. The second-order valence-electron chi connectivity index (χ2n) is 4.49. The molecular weight excluding hydrogens is 230 g/mol. The molecule has 1 aliphatic rings. The fourth-order valence-corrected chi connectivity index (χ4v) is 2.25. The molecule has 0 amide bonds. The van der Waals surface area contributed by atoms with E-state index in [1.54, 1.807) is 12.4 Å². The van der Waals surface area contributed by atoms with E-state index in [1.807, 2.05) is 13.0 Å². The third kappa shape index (κ3) is 3.42. The lowest BCUT2D eigenvalue weighted by Crippen LogP contribution is -2.35. The van der Waals surface area contributed by atoms with Crippen LogP contribution in [0.25, 0.3) is 0 Å². The van der Waals surface area contributed by atoms with Gasteiger partial charge in [0.25, 0.3) is 0 Å². The van der Waals surface area contributed by atoms with Gasteiger partial charge in [-0.05, 0) is 31.7 Å². The van der Waals surface area contributed by atoms with Crippen LogP contribution in [-0.2, 0) is 9.53 Å². The zero-order valence-electron chi connectivity index (χ0n) is 10.7. The van der Waals surface area contributed by atoms with Gasteiger partial charge in [-0.1, -0.05) is 0 Å². The van der Waals surface area contributed by atoms with Gasteiger partial charge in [0, 0.05) is 31.9 Å². The minimum Gasteiger partial charge on any atom is -0.466 e. The summed E-state index contributed by atoms with van der Waals surface area (Å²) in [6.07, 6.45) is 6.05. The van der Waals surface area contributed by atoms with Gasteiger partial charge in [0.2, 0.25) is 5.95 Å². The SMILES string of the molecule is CCOC(=O)CC1CCN(c2ncccn2)CC1. The summed E-state index contributed by atoms with van der Waals surface area (Å²) in [7, 11) is 0. The van der Waals surface area contributed by atoms with Crippen LogP contribution in [0.1, 0.15) is 26.2 Å². The summed E-state index contributed by atoms with van der Waals surface area (Å²) in [5, 5.41) is 0. The fourth-order valence-electron chi connectivity index (χ4n) is 2.25. The maximum absolute atomic E-state index is 11.4. The number of carbonyl (C=O) groups is 1. The molecule has 1 aromatic rings. The van der Waals surface area contributed by atoms with Crippen LogP contribution in [0.3, 0.4) is 0 Å². The van der Waals surface area contributed by atoms with Crippen LogP contribution < -0.4 is 4.90 Å². The monoisotopic (exact) mass is 249 g/mol. The number of hydrogen-bond donors (Lipinski definition) is 0. The van der Waals surface area contributed by atoms with Gasteiger partial charge in [-0.3, -0.25) is 4.79 Å². The summed E-state index contributed by atoms with van der Waals surface area (Å²) in [6.45, 7) is 4.13. The standard InChI is InChI=1S/C13H19N3O2/c1-2-18-12(17)10-11-4-8-16(9-5-11)13-14-6-3-7-15-13/h3,6-7,11H,2,4-5,8-10H2,1H3. The number of ether oxygens (including phenoxy) is 1. The van der Waals surface area contributed by atoms with Crippen molar-refractivity contribution in [1.82, 2.24) is 9.97 Å². The number of hydrogen-bond acceptors (Lipinski definition) is 5. The molecular formula is C13H19N3O2. The van der Waals surface area contributed by atoms with Crippen molar-refractivity contribution in [2.24, 2.45) is 5.92 Å². The molecule has 1 aromatic heterocycles. The van der Waals surface area contributed by atoms with Crippen molar-refractivity contribution >= 4 is 11.9 Å². The Morgan fingerprint density at radius 2 is 2.06 bits per heavy atom. The molecule has 1 fully saturated rings.